The molecule has 10 atom stereocenters. The van der Waals surface area contributed by atoms with E-state index in [1.165, 1.54) is 0 Å². The molecule has 0 saturated heterocycles. The zero-order chi connectivity index (χ0) is 53.9. The molecule has 70 heavy (non-hydrogen) atoms. The Morgan fingerprint density at radius 2 is 0.571 bits per heavy atom. The molecule has 0 bridgehead atoms. The molecule has 0 aromatic heterocycles. The highest BCUT2D eigenvalue weighted by Gasteiger charge is 2.76. The molecule has 0 saturated carbocycles. The molecule has 0 heterocycles. The third kappa shape index (κ3) is 18.8. The average molecular weight is 1030 g/mol. The number of rotatable bonds is 45. The summed E-state index contributed by atoms with van der Waals surface area (Å²) in [5.41, 5.74) is -13.8. The molecule has 0 aliphatic rings. The number of carboxylic acids is 1. The summed E-state index contributed by atoms with van der Waals surface area (Å²) in [6.45, 7) is -7.60. The lowest BCUT2D eigenvalue weighted by Gasteiger charge is -2.73. The number of aliphatic hydroxyl groups excluding tert-OH is 20. The van der Waals surface area contributed by atoms with Gasteiger partial charge >= 0.3 is 5.97 Å². The molecule has 0 aromatic carbocycles. The maximum Gasteiger partial charge on any atom is 0.310 e. The van der Waals surface area contributed by atoms with E-state index in [0.29, 0.717) is 18.8 Å². The van der Waals surface area contributed by atoms with Crippen LogP contribution in [0.2, 0.25) is 0 Å². The van der Waals surface area contributed by atoms with Gasteiger partial charge in [0, 0.05) is 0 Å². The summed E-state index contributed by atoms with van der Waals surface area (Å²) in [6, 6.07) is 0. The van der Waals surface area contributed by atoms with Gasteiger partial charge in [-0.2, -0.15) is 0 Å². The number of unbranched alkanes of at least 4 members (excludes halogenated alkanes) is 6. The fraction of sp³-hybridized carbons (Fsp3) is 0.979. The molecular formula is C48H96O22. The minimum atomic E-state index is -3.11. The molecule has 0 amide bonds. The summed E-state index contributed by atoms with van der Waals surface area (Å²) in [5, 5.41) is 237. The summed E-state index contributed by atoms with van der Waals surface area (Å²) < 4.78 is 0. The summed E-state index contributed by atoms with van der Waals surface area (Å²) in [4.78, 5) is 14.8. The standard InChI is InChI=1S/C48H96O22/c1-32(2)10-8-6-4-3-5-7-9-11-44(12-33(59)22-49,13-34(60)23-50)46(16-37(63)26-53,17-38(64)27-54)48(20-41(67)30-57,21-42(68)31-58)47(18-39(65)28-55,19-40(66)29-56)45(43(69)70,14-35(61)24-51)15-36(62)25-52/h32-42,49-68H,3-31H2,1-2H3,(H,69,70). The number of hydrogen-bond donors (Lipinski definition) is 21. The first-order chi connectivity index (χ1) is 32.9. The molecule has 0 rings (SSSR count). The lowest BCUT2D eigenvalue weighted by molar-refractivity contribution is -0.290. The van der Waals surface area contributed by atoms with Gasteiger partial charge in [-0.25, -0.2) is 0 Å². The minimum absolute atomic E-state index is 0.0950. The van der Waals surface area contributed by atoms with Crippen LogP contribution in [0.25, 0.3) is 0 Å². The molecule has 0 aromatic rings. The molecule has 0 aliphatic carbocycles. The van der Waals surface area contributed by atoms with Crippen molar-refractivity contribution < 1.29 is 112 Å². The van der Waals surface area contributed by atoms with Crippen LogP contribution in [0.1, 0.15) is 136 Å². The van der Waals surface area contributed by atoms with Crippen molar-refractivity contribution in [1.29, 1.82) is 0 Å². The molecule has 0 aliphatic heterocycles. The third-order valence-corrected chi connectivity index (χ3v) is 15.1. The Labute approximate surface area is 413 Å². The Bertz CT molecular complexity index is 1280. The van der Waals surface area contributed by atoms with Crippen LogP contribution in [0.5, 0.6) is 0 Å². The lowest BCUT2D eigenvalue weighted by atomic mass is 9.31. The van der Waals surface area contributed by atoms with Crippen LogP contribution >= 0.6 is 0 Å². The summed E-state index contributed by atoms with van der Waals surface area (Å²) in [5.74, 6) is -1.54. The van der Waals surface area contributed by atoms with E-state index in [9.17, 15) is 112 Å². The van der Waals surface area contributed by atoms with E-state index in [-0.39, 0.29) is 12.8 Å². The van der Waals surface area contributed by atoms with Crippen LogP contribution in [-0.2, 0) is 4.79 Å². The maximum atomic E-state index is 14.8. The predicted molar refractivity (Wildman–Crippen MR) is 253 cm³/mol. The molecule has 22 heteroatoms. The van der Waals surface area contributed by atoms with Gasteiger partial charge in [0.05, 0.1) is 133 Å². The monoisotopic (exact) mass is 1020 g/mol. The highest BCUT2D eigenvalue weighted by atomic mass is 16.4. The van der Waals surface area contributed by atoms with E-state index in [0.717, 1.165) is 32.1 Å². The quantitative estimate of drug-likeness (QED) is 0.0264. The molecule has 0 radical (unpaired) electrons. The lowest BCUT2D eigenvalue weighted by Crippen LogP contribution is -2.72. The Balaban J connectivity index is 10.4. The van der Waals surface area contributed by atoms with Crippen molar-refractivity contribution in [2.24, 2.45) is 33.0 Å². The van der Waals surface area contributed by atoms with Crippen molar-refractivity contribution in [3.8, 4) is 0 Å². The van der Waals surface area contributed by atoms with Crippen molar-refractivity contribution in [3.05, 3.63) is 0 Å². The second kappa shape index (κ2) is 34.3. The van der Waals surface area contributed by atoms with E-state index in [2.05, 4.69) is 13.8 Å². The van der Waals surface area contributed by atoms with Gasteiger partial charge in [-0.15, -0.1) is 0 Å². The zero-order valence-corrected chi connectivity index (χ0v) is 41.7. The second-order valence-electron chi connectivity index (χ2n) is 20.7. The predicted octanol–water partition coefficient (Wildman–Crippen LogP) is -3.40. The SMILES string of the molecule is CC(C)CCCCCCCCCC(CC(O)CO)(CC(O)CO)C(CC(O)CO)(CC(O)CO)C(CC(O)CO)(CC(O)CO)C(CC(O)CO)(CC(O)CO)C(CC(O)CO)(CC(O)CO)C(=O)O. The van der Waals surface area contributed by atoms with E-state index in [4.69, 9.17) is 0 Å². The van der Waals surface area contributed by atoms with E-state index in [1.807, 2.05) is 0 Å². The third-order valence-electron chi connectivity index (χ3n) is 15.1. The van der Waals surface area contributed by atoms with Gasteiger partial charge in [-0.3, -0.25) is 4.79 Å². The molecular weight excluding hydrogens is 929 g/mol. The van der Waals surface area contributed by atoms with Crippen LogP contribution in [-0.4, -0.2) is 240 Å². The molecule has 21 N–H and O–H groups in total. The van der Waals surface area contributed by atoms with Gasteiger partial charge in [-0.05, 0) is 98.2 Å². The van der Waals surface area contributed by atoms with Gasteiger partial charge in [0.1, 0.15) is 0 Å². The number of carbonyl (C=O) groups is 1. The van der Waals surface area contributed by atoms with Crippen LogP contribution in [0.3, 0.4) is 0 Å². The van der Waals surface area contributed by atoms with E-state index >= 15 is 0 Å². The molecule has 0 fully saturated rings. The fourth-order valence-electron chi connectivity index (χ4n) is 12.5. The number of hydrogen-bond acceptors (Lipinski definition) is 21. The zero-order valence-electron chi connectivity index (χ0n) is 41.7. The van der Waals surface area contributed by atoms with Gasteiger partial charge in [-0.1, -0.05) is 65.2 Å². The number of aliphatic carboxylic acids is 1. The van der Waals surface area contributed by atoms with E-state index in [1.54, 1.807) is 0 Å². The first kappa shape index (κ1) is 68.7. The maximum absolute atomic E-state index is 14.8. The van der Waals surface area contributed by atoms with Crippen molar-refractivity contribution in [3.63, 3.8) is 0 Å². The molecule has 420 valence electrons. The van der Waals surface area contributed by atoms with Crippen LogP contribution in [0.4, 0.5) is 0 Å². The normalized spacial score (nSPS) is 21.2. The first-order valence-electron chi connectivity index (χ1n) is 25.0. The summed E-state index contributed by atoms with van der Waals surface area (Å²) in [7, 11) is 0. The van der Waals surface area contributed by atoms with Gasteiger partial charge < -0.3 is 107 Å². The Morgan fingerprint density at radius 1 is 0.329 bits per heavy atom. The first-order valence-corrected chi connectivity index (χ1v) is 25.0. The number of carboxylic acid groups (broad SMARTS) is 1. The Morgan fingerprint density at radius 3 is 0.857 bits per heavy atom. The van der Waals surface area contributed by atoms with Crippen molar-refractivity contribution >= 4 is 5.97 Å². The Kier molecular flexibility index (Phi) is 33.6. The van der Waals surface area contributed by atoms with Crippen molar-refractivity contribution in [2.45, 2.75) is 197 Å². The van der Waals surface area contributed by atoms with Crippen LogP contribution in [0.15, 0.2) is 0 Å². The van der Waals surface area contributed by atoms with Gasteiger partial charge in [0.15, 0.2) is 0 Å². The fourth-order valence-corrected chi connectivity index (χ4v) is 12.5. The number of aliphatic hydroxyl groups is 20. The second-order valence-corrected chi connectivity index (χ2v) is 20.7. The Hall–Kier alpha value is -1.33. The van der Waals surface area contributed by atoms with Crippen molar-refractivity contribution in [2.75, 3.05) is 66.1 Å². The molecule has 0 spiro atoms. The smallest absolute Gasteiger partial charge is 0.310 e. The average Bonchev–Trinajstić information content (AvgIpc) is 3.33. The van der Waals surface area contributed by atoms with Crippen LogP contribution in [0, 0.1) is 33.0 Å². The largest absolute Gasteiger partial charge is 0.481 e. The van der Waals surface area contributed by atoms with Crippen molar-refractivity contribution in [1.82, 2.24) is 0 Å². The van der Waals surface area contributed by atoms with Crippen LogP contribution < -0.4 is 0 Å². The minimum Gasteiger partial charge on any atom is -0.481 e. The van der Waals surface area contributed by atoms with E-state index < -0.39 is 224 Å². The molecule has 10 unspecified atom stereocenters. The summed E-state index contributed by atoms with van der Waals surface area (Å²) in [6.07, 6.45) is -26.2. The highest BCUT2D eigenvalue weighted by molar-refractivity contribution is 5.76. The summed E-state index contributed by atoms with van der Waals surface area (Å²) >= 11 is 0. The molecule has 22 nitrogen and oxygen atoms in total. The highest BCUT2D eigenvalue weighted by Crippen LogP contribution is 2.77. The van der Waals surface area contributed by atoms with Gasteiger partial charge in [0.2, 0.25) is 0 Å². The van der Waals surface area contributed by atoms with Gasteiger partial charge in [0.25, 0.3) is 0 Å². The topological polar surface area (TPSA) is 442 Å².